The van der Waals surface area contributed by atoms with Gasteiger partial charge in [0.2, 0.25) is 0 Å². The van der Waals surface area contributed by atoms with Gasteiger partial charge in [-0.05, 0) is 30.9 Å². The Bertz CT molecular complexity index is 757. The molecule has 1 aromatic carbocycles. The summed E-state index contributed by atoms with van der Waals surface area (Å²) in [5.41, 5.74) is 2.53. The van der Waals surface area contributed by atoms with Gasteiger partial charge < -0.3 is 24.7 Å². The largest absolute Gasteiger partial charge is 0.375 e. The van der Waals surface area contributed by atoms with Crippen LogP contribution in [0.15, 0.2) is 35.5 Å². The first-order valence-electron chi connectivity index (χ1n) is 9.59. The van der Waals surface area contributed by atoms with Crippen molar-refractivity contribution in [2.45, 2.75) is 31.5 Å². The van der Waals surface area contributed by atoms with Crippen LogP contribution in [0.2, 0.25) is 0 Å². The fourth-order valence-corrected chi connectivity index (χ4v) is 3.97. The number of nitrogens with one attached hydrogen (secondary N) is 2. The van der Waals surface area contributed by atoms with Crippen LogP contribution in [0.4, 0.5) is 0 Å². The molecule has 0 aliphatic carbocycles. The van der Waals surface area contributed by atoms with Crippen molar-refractivity contribution in [3.05, 3.63) is 36.0 Å². The molecule has 0 bridgehead atoms. The van der Waals surface area contributed by atoms with Crippen LogP contribution in [0, 0.1) is 0 Å². The highest BCUT2D eigenvalue weighted by atomic mass is 127. The van der Waals surface area contributed by atoms with Crippen molar-refractivity contribution < 1.29 is 9.47 Å². The summed E-state index contributed by atoms with van der Waals surface area (Å²) in [6.07, 6.45) is 5.70. The first-order valence-corrected chi connectivity index (χ1v) is 9.59. The summed E-state index contributed by atoms with van der Waals surface area (Å²) in [4.78, 5) is 10.1. The lowest BCUT2D eigenvalue weighted by atomic mass is 10.1. The van der Waals surface area contributed by atoms with Crippen molar-refractivity contribution in [1.29, 1.82) is 0 Å². The van der Waals surface area contributed by atoms with Crippen LogP contribution in [0.3, 0.4) is 0 Å². The second-order valence-corrected chi connectivity index (χ2v) is 6.99. The smallest absolute Gasteiger partial charge is 0.193 e. The lowest BCUT2D eigenvalue weighted by Crippen LogP contribution is -2.53. The summed E-state index contributed by atoms with van der Waals surface area (Å²) in [5.74, 6) is 0.955. The van der Waals surface area contributed by atoms with E-state index in [9.17, 15) is 0 Å². The number of benzene rings is 1. The van der Waals surface area contributed by atoms with Gasteiger partial charge in [0.05, 0.1) is 12.7 Å². The monoisotopic (exact) mass is 484 g/mol. The number of para-hydroxylation sites is 1. The van der Waals surface area contributed by atoms with Crippen LogP contribution in [0.1, 0.15) is 18.4 Å². The molecule has 2 atom stereocenters. The molecule has 0 spiro atoms. The number of hydrogen-bond donors (Lipinski definition) is 2. The van der Waals surface area contributed by atoms with Gasteiger partial charge >= 0.3 is 0 Å². The van der Waals surface area contributed by atoms with E-state index >= 15 is 0 Å². The average molecular weight is 484 g/mol. The Labute approximate surface area is 177 Å². The third-order valence-corrected chi connectivity index (χ3v) is 5.34. The highest BCUT2D eigenvalue weighted by Crippen LogP contribution is 2.21. The minimum absolute atomic E-state index is 0. The Morgan fingerprint density at radius 1 is 1.26 bits per heavy atom. The fourth-order valence-electron chi connectivity index (χ4n) is 3.97. The number of fused-ring (bicyclic) bond motifs is 1. The Morgan fingerprint density at radius 2 is 2.11 bits per heavy atom. The molecule has 0 saturated carbocycles. The quantitative estimate of drug-likeness (QED) is 0.398. The molecule has 2 aromatic rings. The molecule has 2 N–H and O–H groups in total. The molecule has 7 heteroatoms. The lowest BCUT2D eigenvalue weighted by Gasteiger charge is -2.37. The van der Waals surface area contributed by atoms with E-state index in [0.29, 0.717) is 0 Å². The van der Waals surface area contributed by atoms with Crippen LogP contribution in [0.25, 0.3) is 10.9 Å². The van der Waals surface area contributed by atoms with Crippen molar-refractivity contribution in [2.24, 2.45) is 4.99 Å². The number of halogens is 1. The predicted molar refractivity (Wildman–Crippen MR) is 119 cm³/mol. The van der Waals surface area contributed by atoms with Crippen LogP contribution < -0.4 is 5.32 Å². The van der Waals surface area contributed by atoms with Crippen LogP contribution in [-0.4, -0.2) is 67.9 Å². The molecular formula is C20H29IN4O2. The van der Waals surface area contributed by atoms with E-state index in [1.165, 1.54) is 16.5 Å². The van der Waals surface area contributed by atoms with Crippen molar-refractivity contribution in [3.63, 3.8) is 0 Å². The van der Waals surface area contributed by atoms with Gasteiger partial charge in [0.1, 0.15) is 6.10 Å². The van der Waals surface area contributed by atoms with E-state index < -0.39 is 0 Å². The Kier molecular flexibility index (Phi) is 7.37. The van der Waals surface area contributed by atoms with Gasteiger partial charge in [0.15, 0.2) is 5.96 Å². The maximum absolute atomic E-state index is 5.94. The zero-order valence-corrected chi connectivity index (χ0v) is 18.1. The molecule has 2 aliphatic heterocycles. The number of nitrogens with zero attached hydrogens (tertiary/aromatic N) is 2. The molecule has 0 amide bonds. The SMILES string of the molecule is CN=C(NCCc1c[nH]c2ccccc12)N1CCOC(C2CCCO2)C1.I. The molecule has 0 radical (unpaired) electrons. The standard InChI is InChI=1S/C20H28N4O2.HI/c1-21-20(24-10-12-26-19(14-24)18-7-4-11-25-18)22-9-8-15-13-23-17-6-3-2-5-16(15)17;/h2-3,5-6,13,18-19,23H,4,7-12,14H2,1H3,(H,21,22);1H. The van der Waals surface area contributed by atoms with E-state index in [4.69, 9.17) is 9.47 Å². The number of ether oxygens (including phenoxy) is 2. The summed E-state index contributed by atoms with van der Waals surface area (Å²) in [6, 6.07) is 8.44. The number of guanidine groups is 1. The van der Waals surface area contributed by atoms with Gasteiger partial charge in [-0.1, -0.05) is 18.2 Å². The highest BCUT2D eigenvalue weighted by Gasteiger charge is 2.32. The van der Waals surface area contributed by atoms with Crippen LogP contribution >= 0.6 is 24.0 Å². The summed E-state index contributed by atoms with van der Waals surface area (Å²) in [7, 11) is 1.85. The summed E-state index contributed by atoms with van der Waals surface area (Å²) < 4.78 is 11.8. The maximum Gasteiger partial charge on any atom is 0.193 e. The van der Waals surface area contributed by atoms with Crippen molar-refractivity contribution >= 4 is 40.8 Å². The molecule has 3 heterocycles. The van der Waals surface area contributed by atoms with Crippen molar-refractivity contribution in [2.75, 3.05) is 39.9 Å². The number of morpholine rings is 1. The highest BCUT2D eigenvalue weighted by molar-refractivity contribution is 14.0. The van der Waals surface area contributed by atoms with E-state index in [-0.39, 0.29) is 36.2 Å². The van der Waals surface area contributed by atoms with Gasteiger partial charge in [0.25, 0.3) is 0 Å². The molecule has 6 nitrogen and oxygen atoms in total. The number of aromatic amines is 1. The normalized spacial score (nSPS) is 23.4. The second-order valence-electron chi connectivity index (χ2n) is 6.99. The van der Waals surface area contributed by atoms with Crippen molar-refractivity contribution in [3.8, 4) is 0 Å². The van der Waals surface area contributed by atoms with Gasteiger partial charge in [0, 0.05) is 50.4 Å². The van der Waals surface area contributed by atoms with Gasteiger partial charge in [-0.3, -0.25) is 4.99 Å². The molecule has 2 fully saturated rings. The first kappa shape index (κ1) is 20.4. The Balaban J connectivity index is 0.00000210. The topological polar surface area (TPSA) is 61.9 Å². The number of aliphatic imine (C=N–C) groups is 1. The Morgan fingerprint density at radius 3 is 2.93 bits per heavy atom. The minimum atomic E-state index is 0. The first-order chi connectivity index (χ1) is 12.8. The minimum Gasteiger partial charge on any atom is -0.375 e. The molecule has 4 rings (SSSR count). The zero-order valence-electron chi connectivity index (χ0n) is 15.8. The molecule has 2 aliphatic rings. The number of H-pyrrole nitrogens is 1. The van der Waals surface area contributed by atoms with Crippen LogP contribution in [0.5, 0.6) is 0 Å². The third kappa shape index (κ3) is 4.75. The van der Waals surface area contributed by atoms with Crippen molar-refractivity contribution in [1.82, 2.24) is 15.2 Å². The van der Waals surface area contributed by atoms with E-state index in [1.54, 1.807) is 0 Å². The summed E-state index contributed by atoms with van der Waals surface area (Å²) >= 11 is 0. The molecule has 27 heavy (non-hydrogen) atoms. The van der Waals surface area contributed by atoms with E-state index in [2.05, 4.69) is 50.7 Å². The molecule has 2 unspecified atom stereocenters. The summed E-state index contributed by atoms with van der Waals surface area (Å²) in [5, 5.41) is 4.82. The second kappa shape index (κ2) is 9.75. The predicted octanol–water partition coefficient (Wildman–Crippen LogP) is 2.78. The zero-order chi connectivity index (χ0) is 17.8. The van der Waals surface area contributed by atoms with Crippen LogP contribution in [-0.2, 0) is 15.9 Å². The number of aromatic nitrogens is 1. The van der Waals surface area contributed by atoms with Gasteiger partial charge in [-0.25, -0.2) is 0 Å². The number of rotatable bonds is 4. The average Bonchev–Trinajstić information content (AvgIpc) is 3.36. The van der Waals surface area contributed by atoms with E-state index in [1.807, 2.05) is 7.05 Å². The third-order valence-electron chi connectivity index (χ3n) is 5.34. The number of hydrogen-bond acceptors (Lipinski definition) is 3. The molecular weight excluding hydrogens is 455 g/mol. The summed E-state index contributed by atoms with van der Waals surface area (Å²) in [6.45, 7) is 4.17. The molecule has 2 saturated heterocycles. The lowest BCUT2D eigenvalue weighted by molar-refractivity contribution is -0.0816. The molecule has 148 valence electrons. The fraction of sp³-hybridized carbons (Fsp3) is 0.550. The maximum atomic E-state index is 5.94. The van der Waals surface area contributed by atoms with E-state index in [0.717, 1.165) is 58.1 Å². The van der Waals surface area contributed by atoms with Gasteiger partial charge in [-0.2, -0.15) is 0 Å². The van der Waals surface area contributed by atoms with Gasteiger partial charge in [-0.15, -0.1) is 24.0 Å². The Hall–Kier alpha value is -1.32. The molecule has 1 aromatic heterocycles.